The van der Waals surface area contributed by atoms with Crippen molar-refractivity contribution in [2.45, 2.75) is 37.8 Å². The zero-order chi connectivity index (χ0) is 18.7. The van der Waals surface area contributed by atoms with Crippen LogP contribution in [0.2, 0.25) is 0 Å². The van der Waals surface area contributed by atoms with Crippen LogP contribution in [0, 0.1) is 5.92 Å². The number of carbonyl (C=O) groups excluding carboxylic acids is 2. The van der Waals surface area contributed by atoms with Crippen molar-refractivity contribution in [1.82, 2.24) is 4.90 Å². The Morgan fingerprint density at radius 1 is 1.31 bits per heavy atom. The molecule has 2 aliphatic heterocycles. The van der Waals surface area contributed by atoms with Crippen LogP contribution in [0.15, 0.2) is 18.2 Å². The number of methoxy groups -OCH3 is 2. The van der Waals surface area contributed by atoms with E-state index in [0.29, 0.717) is 25.1 Å². The normalized spacial score (nSPS) is 24.9. The maximum Gasteiger partial charge on any atom is 0.310 e. The van der Waals surface area contributed by atoms with Gasteiger partial charge >= 0.3 is 11.9 Å². The fourth-order valence-electron chi connectivity index (χ4n) is 3.94. The number of benzene rings is 1. The fourth-order valence-corrected chi connectivity index (χ4v) is 3.94. The van der Waals surface area contributed by atoms with E-state index in [0.717, 1.165) is 18.5 Å². The third-order valence-electron chi connectivity index (χ3n) is 5.27. The summed E-state index contributed by atoms with van der Waals surface area (Å²) in [4.78, 5) is 26.2. The van der Waals surface area contributed by atoms with Crippen molar-refractivity contribution in [2.24, 2.45) is 5.92 Å². The Morgan fingerprint density at radius 3 is 2.85 bits per heavy atom. The summed E-state index contributed by atoms with van der Waals surface area (Å²) >= 11 is 0. The summed E-state index contributed by atoms with van der Waals surface area (Å²) in [5, 5.41) is 9.60. The first-order chi connectivity index (χ1) is 12.5. The highest BCUT2D eigenvalue weighted by Gasteiger charge is 2.46. The van der Waals surface area contributed by atoms with E-state index in [-0.39, 0.29) is 42.2 Å². The van der Waals surface area contributed by atoms with Gasteiger partial charge in [-0.25, -0.2) is 0 Å². The molecule has 2 aliphatic rings. The standard InChI is InChI=1S/C19H25NO6/c1-24-17-9-12(3-5-16(17)21)4-6-18(22)26-13-10-15-14(19(23)25-2)7-8-20(15)11-13/h3,5,9,13-15,21H,4,6-8,10-11H2,1-2H3. The number of phenols is 1. The summed E-state index contributed by atoms with van der Waals surface area (Å²) in [6.45, 7) is 1.52. The minimum absolute atomic E-state index is 0.0746. The predicted octanol–water partition coefficient (Wildman–Crippen LogP) is 1.51. The largest absolute Gasteiger partial charge is 0.504 e. The highest BCUT2D eigenvalue weighted by Crippen LogP contribution is 2.35. The van der Waals surface area contributed by atoms with E-state index < -0.39 is 0 Å². The second-order valence-corrected chi connectivity index (χ2v) is 6.83. The molecule has 0 saturated carbocycles. The van der Waals surface area contributed by atoms with Gasteiger partial charge in [-0.2, -0.15) is 0 Å². The van der Waals surface area contributed by atoms with Gasteiger partial charge in [0.25, 0.3) is 0 Å². The molecule has 142 valence electrons. The molecular weight excluding hydrogens is 338 g/mol. The number of aryl methyl sites for hydroxylation is 1. The van der Waals surface area contributed by atoms with Crippen molar-refractivity contribution in [1.29, 1.82) is 0 Å². The van der Waals surface area contributed by atoms with Crippen LogP contribution in [0.1, 0.15) is 24.8 Å². The number of aromatic hydroxyl groups is 1. The van der Waals surface area contributed by atoms with Gasteiger partial charge in [-0.1, -0.05) is 6.07 Å². The van der Waals surface area contributed by atoms with E-state index in [2.05, 4.69) is 4.90 Å². The Balaban J connectivity index is 1.48. The zero-order valence-corrected chi connectivity index (χ0v) is 15.1. The van der Waals surface area contributed by atoms with Crippen LogP contribution in [0.5, 0.6) is 11.5 Å². The number of nitrogens with zero attached hydrogens (tertiary/aromatic N) is 1. The molecular formula is C19H25NO6. The van der Waals surface area contributed by atoms with Crippen LogP contribution >= 0.6 is 0 Å². The van der Waals surface area contributed by atoms with Crippen LogP contribution in [0.4, 0.5) is 0 Å². The van der Waals surface area contributed by atoms with Crippen molar-refractivity contribution in [3.8, 4) is 11.5 Å². The van der Waals surface area contributed by atoms with Gasteiger partial charge in [0.15, 0.2) is 11.5 Å². The van der Waals surface area contributed by atoms with E-state index in [9.17, 15) is 14.7 Å². The highest BCUT2D eigenvalue weighted by molar-refractivity contribution is 5.74. The van der Waals surface area contributed by atoms with Gasteiger partial charge in [0, 0.05) is 25.4 Å². The van der Waals surface area contributed by atoms with Gasteiger partial charge in [0.05, 0.1) is 20.1 Å². The Bertz CT molecular complexity index is 676. The highest BCUT2D eigenvalue weighted by atomic mass is 16.5. The van der Waals surface area contributed by atoms with Crippen LogP contribution < -0.4 is 4.74 Å². The Morgan fingerprint density at radius 2 is 2.12 bits per heavy atom. The molecule has 0 radical (unpaired) electrons. The van der Waals surface area contributed by atoms with E-state index in [4.69, 9.17) is 14.2 Å². The lowest BCUT2D eigenvalue weighted by atomic mass is 9.98. The summed E-state index contributed by atoms with van der Waals surface area (Å²) in [6.07, 6.45) is 2.09. The molecule has 3 unspecified atom stereocenters. The Kier molecular flexibility index (Phi) is 5.66. The van der Waals surface area contributed by atoms with E-state index in [1.54, 1.807) is 18.2 Å². The Labute approximate surface area is 152 Å². The maximum absolute atomic E-state index is 12.2. The van der Waals surface area contributed by atoms with E-state index in [1.807, 2.05) is 0 Å². The van der Waals surface area contributed by atoms with Crippen LogP contribution in [0.25, 0.3) is 0 Å². The third kappa shape index (κ3) is 3.93. The third-order valence-corrected chi connectivity index (χ3v) is 5.27. The average molecular weight is 363 g/mol. The topological polar surface area (TPSA) is 85.3 Å². The summed E-state index contributed by atoms with van der Waals surface area (Å²) < 4.78 is 15.5. The minimum atomic E-state index is -0.252. The molecule has 7 heteroatoms. The van der Waals surface area contributed by atoms with Crippen molar-refractivity contribution in [3.63, 3.8) is 0 Å². The SMILES string of the molecule is COC(=O)C1CCN2CC(OC(=O)CCc3ccc(O)c(OC)c3)CC12. The predicted molar refractivity (Wildman–Crippen MR) is 93.0 cm³/mol. The summed E-state index contributed by atoms with van der Waals surface area (Å²) in [7, 11) is 2.90. The number of carbonyl (C=O) groups is 2. The van der Waals surface area contributed by atoms with E-state index in [1.165, 1.54) is 14.2 Å². The van der Waals surface area contributed by atoms with Crippen molar-refractivity contribution < 1.29 is 28.9 Å². The number of phenolic OH excluding ortho intramolecular Hbond substituents is 1. The van der Waals surface area contributed by atoms with Gasteiger partial charge in [-0.15, -0.1) is 0 Å². The molecule has 26 heavy (non-hydrogen) atoms. The maximum atomic E-state index is 12.2. The second-order valence-electron chi connectivity index (χ2n) is 6.83. The molecule has 1 N–H and O–H groups in total. The first kappa shape index (κ1) is 18.5. The molecule has 2 heterocycles. The van der Waals surface area contributed by atoms with Gasteiger partial charge < -0.3 is 19.3 Å². The first-order valence-electron chi connectivity index (χ1n) is 8.89. The molecule has 7 nitrogen and oxygen atoms in total. The molecule has 0 aromatic heterocycles. The zero-order valence-electron chi connectivity index (χ0n) is 15.1. The molecule has 3 atom stereocenters. The molecule has 0 amide bonds. The van der Waals surface area contributed by atoms with Crippen molar-refractivity contribution in [2.75, 3.05) is 27.3 Å². The number of hydrogen-bond donors (Lipinski definition) is 1. The van der Waals surface area contributed by atoms with E-state index >= 15 is 0 Å². The quantitative estimate of drug-likeness (QED) is 0.767. The Hall–Kier alpha value is -2.28. The summed E-state index contributed by atoms with van der Waals surface area (Å²) in [6, 6.07) is 5.15. The van der Waals surface area contributed by atoms with Crippen LogP contribution in [-0.2, 0) is 25.5 Å². The number of hydrogen-bond acceptors (Lipinski definition) is 7. The average Bonchev–Trinajstić information content (AvgIpc) is 3.20. The lowest BCUT2D eigenvalue weighted by Gasteiger charge is -2.17. The minimum Gasteiger partial charge on any atom is -0.504 e. The summed E-state index contributed by atoms with van der Waals surface area (Å²) in [5.41, 5.74) is 0.898. The lowest BCUT2D eigenvalue weighted by Crippen LogP contribution is -2.30. The monoisotopic (exact) mass is 363 g/mol. The van der Waals surface area contributed by atoms with Gasteiger partial charge in [-0.3, -0.25) is 14.5 Å². The smallest absolute Gasteiger partial charge is 0.310 e. The molecule has 2 fully saturated rings. The molecule has 1 aromatic carbocycles. The van der Waals surface area contributed by atoms with Crippen molar-refractivity contribution >= 4 is 11.9 Å². The summed E-state index contributed by atoms with van der Waals surface area (Å²) in [5.74, 6) is -0.0802. The van der Waals surface area contributed by atoms with Gasteiger partial charge in [0.1, 0.15) is 6.10 Å². The number of fused-ring (bicyclic) bond motifs is 1. The molecule has 1 aromatic rings. The first-order valence-corrected chi connectivity index (χ1v) is 8.89. The molecule has 0 aliphatic carbocycles. The van der Waals surface area contributed by atoms with Gasteiger partial charge in [0.2, 0.25) is 0 Å². The van der Waals surface area contributed by atoms with Crippen LogP contribution in [-0.4, -0.2) is 61.4 Å². The number of rotatable bonds is 6. The number of ether oxygens (including phenoxy) is 3. The fraction of sp³-hybridized carbons (Fsp3) is 0.579. The lowest BCUT2D eigenvalue weighted by molar-refractivity contribution is -0.148. The second kappa shape index (κ2) is 7.95. The molecule has 0 bridgehead atoms. The molecule has 3 rings (SSSR count). The number of esters is 2. The van der Waals surface area contributed by atoms with Crippen LogP contribution in [0.3, 0.4) is 0 Å². The molecule has 0 spiro atoms. The van der Waals surface area contributed by atoms with Crippen molar-refractivity contribution in [3.05, 3.63) is 23.8 Å². The molecule has 2 saturated heterocycles. The van der Waals surface area contributed by atoms with Gasteiger partial charge in [-0.05, 0) is 37.1 Å².